The molecule has 2 heterocycles. The first-order chi connectivity index (χ1) is 8.25. The number of aromatic nitrogens is 2. The Morgan fingerprint density at radius 1 is 1.35 bits per heavy atom. The zero-order valence-corrected chi connectivity index (χ0v) is 10.4. The number of para-hydroxylation sites is 1. The number of imidazole rings is 1. The maximum Gasteiger partial charge on any atom is 0.178 e. The normalized spacial score (nSPS) is 11.1. The minimum Gasteiger partial charge on any atom is -0.472 e. The summed E-state index contributed by atoms with van der Waals surface area (Å²) in [4.78, 5) is 3.12. The zero-order valence-electron chi connectivity index (χ0n) is 8.81. The van der Waals surface area contributed by atoms with Gasteiger partial charge in [-0.05, 0) is 30.4 Å². The number of nitrogens with one attached hydrogen (secondary N) is 1. The molecule has 3 nitrogen and oxygen atoms in total. The molecule has 0 unspecified atom stereocenters. The van der Waals surface area contributed by atoms with Gasteiger partial charge >= 0.3 is 0 Å². The number of furan rings is 1. The average Bonchev–Trinajstić information content (AvgIpc) is 2.91. The SMILES string of the molecule is S=c1[nH]c2c(Cl)cccc2n1Cc1ccoc1. The van der Waals surface area contributed by atoms with Gasteiger partial charge in [0.1, 0.15) is 0 Å². The highest BCUT2D eigenvalue weighted by Crippen LogP contribution is 2.23. The van der Waals surface area contributed by atoms with E-state index in [4.69, 9.17) is 28.2 Å². The Balaban J connectivity index is 2.19. The molecular weight excluding hydrogens is 256 g/mol. The second-order valence-electron chi connectivity index (χ2n) is 3.78. The van der Waals surface area contributed by atoms with Crippen LogP contribution in [-0.2, 0) is 6.54 Å². The molecule has 3 rings (SSSR count). The summed E-state index contributed by atoms with van der Waals surface area (Å²) in [6.45, 7) is 0.676. The van der Waals surface area contributed by atoms with Gasteiger partial charge in [-0.15, -0.1) is 0 Å². The van der Waals surface area contributed by atoms with Gasteiger partial charge in [-0.25, -0.2) is 0 Å². The van der Waals surface area contributed by atoms with Crippen molar-refractivity contribution in [3.63, 3.8) is 0 Å². The smallest absolute Gasteiger partial charge is 0.178 e. The molecule has 0 amide bonds. The van der Waals surface area contributed by atoms with Gasteiger partial charge in [0.05, 0.1) is 35.1 Å². The number of H-pyrrole nitrogens is 1. The van der Waals surface area contributed by atoms with Crippen molar-refractivity contribution >= 4 is 34.9 Å². The van der Waals surface area contributed by atoms with E-state index < -0.39 is 0 Å². The summed E-state index contributed by atoms with van der Waals surface area (Å²) in [7, 11) is 0. The first-order valence-corrected chi connectivity index (χ1v) is 5.92. The molecule has 0 aliphatic heterocycles. The number of rotatable bonds is 2. The Morgan fingerprint density at radius 2 is 2.24 bits per heavy atom. The Labute approximate surface area is 108 Å². The molecule has 2 aromatic heterocycles. The van der Waals surface area contributed by atoms with Crippen LogP contribution in [0.3, 0.4) is 0 Å². The Hall–Kier alpha value is -1.52. The van der Waals surface area contributed by atoms with E-state index in [9.17, 15) is 0 Å². The van der Waals surface area contributed by atoms with E-state index in [0.29, 0.717) is 16.3 Å². The van der Waals surface area contributed by atoms with Crippen LogP contribution < -0.4 is 0 Å². The maximum absolute atomic E-state index is 6.11. The average molecular weight is 265 g/mol. The van der Waals surface area contributed by atoms with Crippen molar-refractivity contribution in [3.8, 4) is 0 Å². The monoisotopic (exact) mass is 264 g/mol. The van der Waals surface area contributed by atoms with E-state index in [1.807, 2.05) is 28.8 Å². The third-order valence-corrected chi connectivity index (χ3v) is 3.32. The molecule has 0 radical (unpaired) electrons. The quantitative estimate of drug-likeness (QED) is 0.710. The van der Waals surface area contributed by atoms with Crippen LogP contribution in [0.25, 0.3) is 11.0 Å². The van der Waals surface area contributed by atoms with E-state index in [2.05, 4.69) is 4.98 Å². The predicted octanol–water partition coefficient (Wildman–Crippen LogP) is 3.99. The molecule has 0 atom stereocenters. The number of benzene rings is 1. The van der Waals surface area contributed by atoms with Gasteiger partial charge in [0.15, 0.2) is 4.77 Å². The van der Waals surface area contributed by atoms with E-state index in [-0.39, 0.29) is 0 Å². The fourth-order valence-corrected chi connectivity index (χ4v) is 2.35. The van der Waals surface area contributed by atoms with Crippen LogP contribution in [0, 0.1) is 4.77 Å². The molecule has 0 aliphatic rings. The van der Waals surface area contributed by atoms with Gasteiger partial charge < -0.3 is 14.0 Å². The molecule has 5 heteroatoms. The summed E-state index contributed by atoms with van der Waals surface area (Å²) in [5, 5.41) is 0.680. The third kappa shape index (κ3) is 1.79. The topological polar surface area (TPSA) is 33.9 Å². The van der Waals surface area contributed by atoms with Crippen LogP contribution in [0.1, 0.15) is 5.56 Å². The first-order valence-electron chi connectivity index (χ1n) is 5.14. The van der Waals surface area contributed by atoms with Crippen LogP contribution in [0.15, 0.2) is 41.2 Å². The number of halogens is 1. The van der Waals surface area contributed by atoms with Gasteiger partial charge in [-0.3, -0.25) is 0 Å². The molecule has 86 valence electrons. The van der Waals surface area contributed by atoms with E-state index in [1.165, 1.54) is 0 Å². The minimum absolute atomic E-state index is 0.661. The number of fused-ring (bicyclic) bond motifs is 1. The van der Waals surface area contributed by atoms with Crippen LogP contribution in [-0.4, -0.2) is 9.55 Å². The lowest BCUT2D eigenvalue weighted by Crippen LogP contribution is -1.97. The van der Waals surface area contributed by atoms with Crippen LogP contribution in [0.4, 0.5) is 0 Å². The molecule has 0 saturated heterocycles. The van der Waals surface area contributed by atoms with Gasteiger partial charge in [0, 0.05) is 5.56 Å². The van der Waals surface area contributed by atoms with Crippen molar-refractivity contribution in [3.05, 3.63) is 52.1 Å². The number of aromatic amines is 1. The molecule has 0 aliphatic carbocycles. The summed E-state index contributed by atoms with van der Waals surface area (Å²) in [6.07, 6.45) is 3.37. The lowest BCUT2D eigenvalue weighted by Gasteiger charge is -2.01. The van der Waals surface area contributed by atoms with E-state index >= 15 is 0 Å². The van der Waals surface area contributed by atoms with Crippen LogP contribution in [0.5, 0.6) is 0 Å². The van der Waals surface area contributed by atoms with Gasteiger partial charge in [-0.1, -0.05) is 17.7 Å². The minimum atomic E-state index is 0.661. The summed E-state index contributed by atoms with van der Waals surface area (Å²) in [5.41, 5.74) is 2.95. The molecule has 1 aromatic carbocycles. The highest BCUT2D eigenvalue weighted by molar-refractivity contribution is 7.71. The fourth-order valence-electron chi connectivity index (χ4n) is 1.87. The highest BCUT2D eigenvalue weighted by Gasteiger charge is 2.07. The summed E-state index contributed by atoms with van der Waals surface area (Å²) in [5.74, 6) is 0. The summed E-state index contributed by atoms with van der Waals surface area (Å²) in [6, 6.07) is 7.68. The van der Waals surface area contributed by atoms with E-state index in [1.54, 1.807) is 12.5 Å². The van der Waals surface area contributed by atoms with Gasteiger partial charge in [0.25, 0.3) is 0 Å². The largest absolute Gasteiger partial charge is 0.472 e. The Bertz CT molecular complexity index is 712. The molecule has 0 bridgehead atoms. The molecule has 0 saturated carbocycles. The van der Waals surface area contributed by atoms with Crippen molar-refractivity contribution in [2.24, 2.45) is 0 Å². The summed E-state index contributed by atoms with van der Waals surface area (Å²) < 4.78 is 7.72. The van der Waals surface area contributed by atoms with Crippen molar-refractivity contribution in [1.29, 1.82) is 0 Å². The highest BCUT2D eigenvalue weighted by atomic mass is 35.5. The number of nitrogens with zero attached hydrogens (tertiary/aromatic N) is 1. The molecular formula is C12H9ClN2OS. The Kier molecular flexibility index (Phi) is 2.53. The molecule has 3 aromatic rings. The standard InChI is InChI=1S/C12H9ClN2OS/c13-9-2-1-3-10-11(9)14-12(17)15(10)6-8-4-5-16-7-8/h1-5,7H,6H2,(H,14,17). The van der Waals surface area contributed by atoms with Crippen LogP contribution in [0.2, 0.25) is 5.02 Å². The predicted molar refractivity (Wildman–Crippen MR) is 69.9 cm³/mol. The number of hydrogen-bond donors (Lipinski definition) is 1. The molecule has 17 heavy (non-hydrogen) atoms. The second kappa shape index (κ2) is 4.05. The number of hydrogen-bond acceptors (Lipinski definition) is 2. The van der Waals surface area contributed by atoms with Crippen molar-refractivity contribution in [2.75, 3.05) is 0 Å². The fraction of sp³-hybridized carbons (Fsp3) is 0.0833. The summed E-state index contributed by atoms with van der Waals surface area (Å²) >= 11 is 11.4. The maximum atomic E-state index is 6.11. The lowest BCUT2D eigenvalue weighted by atomic mass is 10.3. The third-order valence-electron chi connectivity index (χ3n) is 2.68. The first kappa shape index (κ1) is 10.6. The van der Waals surface area contributed by atoms with Gasteiger partial charge in [0.2, 0.25) is 0 Å². The Morgan fingerprint density at radius 3 is 3.00 bits per heavy atom. The zero-order chi connectivity index (χ0) is 11.8. The van der Waals surface area contributed by atoms with Crippen molar-refractivity contribution < 1.29 is 4.42 Å². The second-order valence-corrected chi connectivity index (χ2v) is 4.58. The molecule has 0 fully saturated rings. The van der Waals surface area contributed by atoms with Crippen molar-refractivity contribution in [1.82, 2.24) is 9.55 Å². The van der Waals surface area contributed by atoms with Crippen LogP contribution >= 0.6 is 23.8 Å². The molecule has 0 spiro atoms. The van der Waals surface area contributed by atoms with Gasteiger partial charge in [-0.2, -0.15) is 0 Å². The van der Waals surface area contributed by atoms with Crippen molar-refractivity contribution in [2.45, 2.75) is 6.54 Å². The lowest BCUT2D eigenvalue weighted by molar-refractivity contribution is 0.562. The molecule has 1 N–H and O–H groups in total. The van der Waals surface area contributed by atoms with E-state index in [0.717, 1.165) is 16.6 Å².